The summed E-state index contributed by atoms with van der Waals surface area (Å²) < 4.78 is 52.8. The number of hydrogen-bond donors (Lipinski definition) is 0. The molecule has 2 aromatic carbocycles. The molecule has 0 aliphatic heterocycles. The van der Waals surface area contributed by atoms with Crippen LogP contribution in [-0.2, 0) is 4.79 Å². The number of thiazole rings is 1. The number of amides is 1. The van der Waals surface area contributed by atoms with Gasteiger partial charge in [-0.3, -0.25) is 9.69 Å². The van der Waals surface area contributed by atoms with E-state index in [4.69, 9.17) is 9.47 Å². The van der Waals surface area contributed by atoms with Crippen molar-refractivity contribution in [3.05, 3.63) is 42.5 Å². The quantitative estimate of drug-likeness (QED) is 0.469. The second-order valence-corrected chi connectivity index (χ2v) is 8.00. The molecule has 0 atom stereocenters. The summed E-state index contributed by atoms with van der Waals surface area (Å²) in [6.45, 7) is 0.654. The second kappa shape index (κ2) is 10.0. The zero-order valence-corrected chi connectivity index (χ0v) is 18.5. The molecule has 1 aromatic heterocycles. The van der Waals surface area contributed by atoms with Crippen molar-refractivity contribution in [1.29, 1.82) is 0 Å². The van der Waals surface area contributed by atoms with Crippen molar-refractivity contribution in [2.24, 2.45) is 0 Å². The van der Waals surface area contributed by atoms with Crippen molar-refractivity contribution in [1.82, 2.24) is 9.88 Å². The molecule has 3 aromatic rings. The molecule has 0 unspecified atom stereocenters. The summed E-state index contributed by atoms with van der Waals surface area (Å²) in [4.78, 5) is 20.8. The zero-order chi connectivity index (χ0) is 23.3. The molecule has 0 saturated heterocycles. The highest BCUT2D eigenvalue weighted by Gasteiger charge is 2.31. The highest BCUT2D eigenvalue weighted by Crippen LogP contribution is 2.33. The number of methoxy groups -OCH3 is 1. The van der Waals surface area contributed by atoms with Crippen LogP contribution in [0.25, 0.3) is 10.2 Å². The van der Waals surface area contributed by atoms with Crippen molar-refractivity contribution in [3.8, 4) is 17.2 Å². The van der Waals surface area contributed by atoms with E-state index < -0.39 is 6.36 Å². The van der Waals surface area contributed by atoms with E-state index in [9.17, 15) is 18.0 Å². The van der Waals surface area contributed by atoms with Gasteiger partial charge in [-0.25, -0.2) is 4.98 Å². The van der Waals surface area contributed by atoms with Gasteiger partial charge in [-0.2, -0.15) is 0 Å². The molecule has 0 N–H and O–H groups in total. The lowest BCUT2D eigenvalue weighted by molar-refractivity contribution is -0.274. The van der Waals surface area contributed by atoms with Crippen LogP contribution < -0.4 is 19.1 Å². The SMILES string of the molecule is COc1cccc(OCC(=O)N(CCN(C)C)c2nc3ccc(OC(F)(F)F)cc3s2)c1. The highest BCUT2D eigenvalue weighted by atomic mass is 32.1. The minimum absolute atomic E-state index is 0.237. The van der Waals surface area contributed by atoms with E-state index in [1.807, 2.05) is 19.0 Å². The number of carbonyl (C=O) groups is 1. The number of anilines is 1. The van der Waals surface area contributed by atoms with Crippen LogP contribution >= 0.6 is 11.3 Å². The number of hydrogen-bond acceptors (Lipinski definition) is 7. The summed E-state index contributed by atoms with van der Waals surface area (Å²) in [5.41, 5.74) is 0.468. The minimum Gasteiger partial charge on any atom is -0.497 e. The summed E-state index contributed by atoms with van der Waals surface area (Å²) >= 11 is 1.11. The molecular formula is C21H22F3N3O4S. The molecule has 1 heterocycles. The normalized spacial score (nSPS) is 11.6. The van der Waals surface area contributed by atoms with Crippen LogP contribution in [0, 0.1) is 0 Å². The molecule has 172 valence electrons. The number of likely N-dealkylation sites (N-methyl/N-ethyl adjacent to an activating group) is 1. The molecular weight excluding hydrogens is 447 g/mol. The number of ether oxygens (including phenoxy) is 3. The lowest BCUT2D eigenvalue weighted by Gasteiger charge is -2.22. The molecule has 0 bridgehead atoms. The third kappa shape index (κ3) is 6.47. The fourth-order valence-electron chi connectivity index (χ4n) is 2.75. The fraction of sp³-hybridized carbons (Fsp3) is 0.333. The predicted octanol–water partition coefficient (Wildman–Crippen LogP) is 4.18. The van der Waals surface area contributed by atoms with Gasteiger partial charge in [-0.1, -0.05) is 17.4 Å². The molecule has 0 aliphatic rings. The van der Waals surface area contributed by atoms with E-state index >= 15 is 0 Å². The molecule has 0 fully saturated rings. The lowest BCUT2D eigenvalue weighted by atomic mass is 10.3. The van der Waals surface area contributed by atoms with Gasteiger partial charge in [0.25, 0.3) is 5.91 Å². The number of rotatable bonds is 9. The van der Waals surface area contributed by atoms with Gasteiger partial charge in [0.2, 0.25) is 0 Å². The molecule has 0 radical (unpaired) electrons. The number of nitrogens with zero attached hydrogens (tertiary/aromatic N) is 3. The van der Waals surface area contributed by atoms with E-state index in [0.29, 0.717) is 39.9 Å². The van der Waals surface area contributed by atoms with E-state index in [-0.39, 0.29) is 18.3 Å². The van der Waals surface area contributed by atoms with Crippen molar-refractivity contribution in [3.63, 3.8) is 0 Å². The number of halogens is 3. The topological polar surface area (TPSA) is 64.1 Å². The predicted molar refractivity (Wildman–Crippen MR) is 116 cm³/mol. The monoisotopic (exact) mass is 469 g/mol. The first-order valence-corrected chi connectivity index (χ1v) is 10.3. The molecule has 7 nitrogen and oxygen atoms in total. The summed E-state index contributed by atoms with van der Waals surface area (Å²) in [5, 5.41) is 0.366. The van der Waals surface area contributed by atoms with Crippen molar-refractivity contribution in [2.75, 3.05) is 45.8 Å². The molecule has 0 spiro atoms. The summed E-state index contributed by atoms with van der Waals surface area (Å²) in [7, 11) is 5.27. The molecule has 11 heteroatoms. The Morgan fingerprint density at radius 1 is 1.06 bits per heavy atom. The largest absolute Gasteiger partial charge is 0.573 e. The highest BCUT2D eigenvalue weighted by molar-refractivity contribution is 7.22. The summed E-state index contributed by atoms with van der Waals surface area (Å²) in [5.74, 6) is 0.402. The first-order chi connectivity index (χ1) is 15.1. The lowest BCUT2D eigenvalue weighted by Crippen LogP contribution is -2.39. The van der Waals surface area contributed by atoms with Gasteiger partial charge in [-0.15, -0.1) is 13.2 Å². The Kier molecular flexibility index (Phi) is 7.41. The average molecular weight is 469 g/mol. The van der Waals surface area contributed by atoms with Gasteiger partial charge in [0.1, 0.15) is 17.2 Å². The third-order valence-electron chi connectivity index (χ3n) is 4.29. The molecule has 1 amide bonds. The van der Waals surface area contributed by atoms with Gasteiger partial charge in [0.15, 0.2) is 11.7 Å². The number of carbonyl (C=O) groups excluding carboxylic acids is 1. The Morgan fingerprint density at radius 3 is 2.50 bits per heavy atom. The maximum Gasteiger partial charge on any atom is 0.573 e. The molecule has 32 heavy (non-hydrogen) atoms. The average Bonchev–Trinajstić information content (AvgIpc) is 3.14. The Labute approximate surface area is 186 Å². The third-order valence-corrected chi connectivity index (χ3v) is 5.33. The molecule has 0 aliphatic carbocycles. The Hall–Kier alpha value is -3.05. The van der Waals surface area contributed by atoms with Crippen molar-refractivity contribution >= 4 is 32.6 Å². The Balaban J connectivity index is 1.80. The van der Waals surface area contributed by atoms with Crippen LogP contribution in [0.4, 0.5) is 18.3 Å². The zero-order valence-electron chi connectivity index (χ0n) is 17.7. The van der Waals surface area contributed by atoms with Crippen LogP contribution in [0.15, 0.2) is 42.5 Å². The van der Waals surface area contributed by atoms with Gasteiger partial charge in [-0.05, 0) is 38.4 Å². The first-order valence-electron chi connectivity index (χ1n) is 9.53. The van der Waals surface area contributed by atoms with Gasteiger partial charge in [0, 0.05) is 25.2 Å². The molecule has 0 saturated carbocycles. The van der Waals surface area contributed by atoms with Crippen LogP contribution in [0.2, 0.25) is 0 Å². The van der Waals surface area contributed by atoms with Gasteiger partial charge in [0.05, 0.1) is 17.3 Å². The van der Waals surface area contributed by atoms with E-state index in [0.717, 1.165) is 11.3 Å². The standard InChI is InChI=1S/C21H22F3N3O4S/c1-26(2)9-10-27(19(28)13-30-15-6-4-5-14(11-15)29-3)20-25-17-8-7-16(12-18(17)32-20)31-21(22,23)24/h4-8,11-12H,9-10,13H2,1-3H3. The maximum atomic E-state index is 13.0. The Morgan fingerprint density at radius 2 is 1.81 bits per heavy atom. The molecule has 3 rings (SSSR count). The van der Waals surface area contributed by atoms with Crippen molar-refractivity contribution < 1.29 is 32.2 Å². The number of fused-ring (bicyclic) bond motifs is 1. The maximum absolute atomic E-state index is 13.0. The number of benzene rings is 2. The number of aromatic nitrogens is 1. The first kappa shape index (κ1) is 23.6. The van der Waals surface area contributed by atoms with Crippen LogP contribution in [0.5, 0.6) is 17.2 Å². The van der Waals surface area contributed by atoms with Gasteiger partial charge >= 0.3 is 6.36 Å². The minimum atomic E-state index is -4.79. The van der Waals surface area contributed by atoms with Crippen molar-refractivity contribution in [2.45, 2.75) is 6.36 Å². The van der Waals surface area contributed by atoms with E-state index in [1.165, 1.54) is 30.2 Å². The summed E-state index contributed by atoms with van der Waals surface area (Å²) in [6.07, 6.45) is -4.79. The fourth-order valence-corrected chi connectivity index (χ4v) is 3.78. The van der Waals surface area contributed by atoms with Crippen LogP contribution in [0.3, 0.4) is 0 Å². The van der Waals surface area contributed by atoms with E-state index in [1.54, 1.807) is 24.3 Å². The second-order valence-electron chi connectivity index (χ2n) is 6.99. The smallest absolute Gasteiger partial charge is 0.497 e. The van der Waals surface area contributed by atoms with Gasteiger partial charge < -0.3 is 19.1 Å². The summed E-state index contributed by atoms with van der Waals surface area (Å²) in [6, 6.07) is 10.8. The number of alkyl halides is 3. The van der Waals surface area contributed by atoms with Crippen LogP contribution in [0.1, 0.15) is 0 Å². The van der Waals surface area contributed by atoms with Crippen LogP contribution in [-0.4, -0.2) is 63.1 Å². The Bertz CT molecular complexity index is 1070. The van der Waals surface area contributed by atoms with E-state index in [2.05, 4.69) is 9.72 Å².